The van der Waals surface area contributed by atoms with E-state index in [1.165, 1.54) is 19.4 Å². The third kappa shape index (κ3) is 11.2. The molecule has 5 saturated heterocycles. The van der Waals surface area contributed by atoms with Crippen LogP contribution in [0.3, 0.4) is 0 Å². The van der Waals surface area contributed by atoms with Crippen LogP contribution in [0.15, 0.2) is 11.6 Å². The number of methoxy groups -OCH3 is 4. The van der Waals surface area contributed by atoms with Gasteiger partial charge in [-0.1, -0.05) is 25.5 Å². The number of esters is 1. The molecule has 21 nitrogen and oxygen atoms in total. The van der Waals surface area contributed by atoms with Crippen molar-refractivity contribution in [2.45, 2.75) is 286 Å². The number of ether oxygens (including phenoxy) is 15. The van der Waals surface area contributed by atoms with Gasteiger partial charge in [0.2, 0.25) is 0 Å². The SMILES string of the molecule is CO[C@H]1C[C@H](O[C@H]2[C@@H](O)C[C@H](O[C@H]3CC[C@@]4(C)C(=CC[C@@H]5[C@@H]4C[C@@H](OC(C)=O)[C@]4(C)[C@](O)(C(C)=O)CC[C@]54O)C3)O[C@@H]2C)O[C@H](C)[C@H]1O[C@H]1C[C@@H](OC)[C@@H](O[C@H]2C[C@H](OC)[C@H](O[C@H]3C[C@@H](OC)[C@@H](O)[C@H](C)O3)[C@@H](C)O2)[C@H](C)O1. The van der Waals surface area contributed by atoms with Crippen molar-refractivity contribution in [1.29, 1.82) is 0 Å². The van der Waals surface area contributed by atoms with Crippen molar-refractivity contribution in [3.8, 4) is 0 Å². The summed E-state index contributed by atoms with van der Waals surface area (Å²) in [4.78, 5) is 25.6. The van der Waals surface area contributed by atoms with E-state index in [1.807, 2.05) is 27.7 Å². The molecule has 0 aromatic heterocycles. The fourth-order valence-electron chi connectivity index (χ4n) is 15.7. The Morgan fingerprint density at radius 1 is 0.564 bits per heavy atom. The first-order valence-electron chi connectivity index (χ1n) is 28.8. The number of fused-ring (bicyclic) bond motifs is 5. The summed E-state index contributed by atoms with van der Waals surface area (Å²) < 4.78 is 93.8. The molecule has 446 valence electrons. The highest BCUT2D eigenvalue weighted by atomic mass is 16.8. The zero-order valence-electron chi connectivity index (χ0n) is 48.1. The topological polar surface area (TPSA) is 254 Å². The van der Waals surface area contributed by atoms with Crippen molar-refractivity contribution in [2.75, 3.05) is 28.4 Å². The van der Waals surface area contributed by atoms with Crippen LogP contribution in [0.5, 0.6) is 0 Å². The standard InChI is InChI=1S/C57H92O21/c1-27-49(61)39(64-10)23-45(68-27)76-51-30(4)71-47(25-41(51)66-12)78-53-31(5)72-48(26-42(53)67-13)77-52-29(3)70-46(24-40(52)65-11)75-50-28(2)69-44(22-38(50)60)74-35-16-17-54(8)34(20-35)14-15-36-37(54)21-43(73-33(7)59)55(9)56(62,32(6)58)18-19-57(36,55)63/h14,27-31,35-53,60-63H,15-26H2,1-13H3/t27-,28+,29+,30+,31-,35-,36+,37-,38-,39+,40-,41-,42+,43+,44-,45-,46-,47-,48-,49-,50+,51+,52+,53-,54-,55+,56+,57-/m0/s1. The summed E-state index contributed by atoms with van der Waals surface area (Å²) in [5.74, 6) is -1.23. The van der Waals surface area contributed by atoms with E-state index in [1.54, 1.807) is 42.3 Å². The average Bonchev–Trinajstić information content (AvgIpc) is 3.76. The zero-order chi connectivity index (χ0) is 56.4. The Bertz CT molecular complexity index is 2090. The molecular formula is C57H92O21. The Morgan fingerprint density at radius 3 is 1.47 bits per heavy atom. The lowest BCUT2D eigenvalue weighted by molar-refractivity contribution is -0.351. The molecule has 4 aliphatic carbocycles. The summed E-state index contributed by atoms with van der Waals surface area (Å²) in [5.41, 5.74) is -3.72. The number of aliphatic hydroxyl groups is 4. The van der Waals surface area contributed by atoms with Crippen LogP contribution >= 0.6 is 0 Å². The maximum atomic E-state index is 13.0. The minimum absolute atomic E-state index is 0.0594. The molecule has 3 saturated carbocycles. The van der Waals surface area contributed by atoms with Crippen molar-refractivity contribution >= 4 is 11.8 Å². The van der Waals surface area contributed by atoms with Gasteiger partial charge in [0.15, 0.2) is 37.2 Å². The van der Waals surface area contributed by atoms with Crippen molar-refractivity contribution in [2.24, 2.45) is 22.7 Å². The van der Waals surface area contributed by atoms with E-state index in [0.29, 0.717) is 51.4 Å². The summed E-state index contributed by atoms with van der Waals surface area (Å²) in [7, 11) is 6.45. The first-order chi connectivity index (χ1) is 36.9. The van der Waals surface area contributed by atoms with Crippen molar-refractivity contribution < 1.29 is 101 Å². The van der Waals surface area contributed by atoms with Crippen LogP contribution in [0.4, 0.5) is 0 Å². The molecule has 0 aromatic rings. The lowest BCUT2D eigenvalue weighted by Gasteiger charge is -2.63. The highest BCUT2D eigenvalue weighted by Gasteiger charge is 2.77. The Kier molecular flexibility index (Phi) is 18.7. The normalized spacial score (nSPS) is 51.6. The predicted molar refractivity (Wildman–Crippen MR) is 274 cm³/mol. The third-order valence-corrected chi connectivity index (χ3v) is 20.3. The minimum atomic E-state index is -1.82. The molecule has 78 heavy (non-hydrogen) atoms. The Hall–Kier alpha value is -1.84. The summed E-state index contributed by atoms with van der Waals surface area (Å²) in [6, 6.07) is 0. The summed E-state index contributed by atoms with van der Waals surface area (Å²) in [6.07, 6.45) is -4.99. The molecule has 0 aromatic carbocycles. The Labute approximate surface area is 460 Å². The number of carbonyl (C=O) groups is 2. The first-order valence-corrected chi connectivity index (χ1v) is 28.8. The zero-order valence-corrected chi connectivity index (χ0v) is 48.1. The van der Waals surface area contributed by atoms with Crippen LogP contribution in [0.25, 0.3) is 0 Å². The van der Waals surface area contributed by atoms with E-state index < -0.39 is 151 Å². The van der Waals surface area contributed by atoms with Gasteiger partial charge in [0, 0.05) is 67.5 Å². The van der Waals surface area contributed by atoms with Gasteiger partial charge in [-0.3, -0.25) is 9.59 Å². The lowest BCUT2D eigenvalue weighted by atomic mass is 9.44. The molecule has 5 heterocycles. The van der Waals surface area contributed by atoms with Crippen LogP contribution in [0.2, 0.25) is 0 Å². The number of carbonyl (C=O) groups excluding carboxylic acids is 2. The van der Waals surface area contributed by atoms with Crippen LogP contribution in [0, 0.1) is 22.7 Å². The van der Waals surface area contributed by atoms with Gasteiger partial charge in [-0.25, -0.2) is 0 Å². The second-order valence-electron chi connectivity index (χ2n) is 24.6. The Balaban J connectivity index is 0.750. The molecule has 0 spiro atoms. The average molecular weight is 1110 g/mol. The molecule has 4 N–H and O–H groups in total. The number of ketones is 1. The van der Waals surface area contributed by atoms with E-state index in [9.17, 15) is 30.0 Å². The van der Waals surface area contributed by atoms with Gasteiger partial charge in [0.25, 0.3) is 0 Å². The first kappa shape index (κ1) is 60.7. The van der Waals surface area contributed by atoms with Crippen molar-refractivity contribution in [1.82, 2.24) is 0 Å². The van der Waals surface area contributed by atoms with Crippen LogP contribution in [-0.2, 0) is 80.6 Å². The summed E-state index contributed by atoms with van der Waals surface area (Å²) in [5, 5.41) is 46.6. The van der Waals surface area contributed by atoms with Crippen molar-refractivity contribution in [3.05, 3.63) is 11.6 Å². The molecule has 28 atom stereocenters. The number of aliphatic hydroxyl groups excluding tert-OH is 2. The molecule has 0 radical (unpaired) electrons. The quantitative estimate of drug-likeness (QED) is 0.124. The van der Waals surface area contributed by atoms with Crippen LogP contribution in [-0.4, -0.2) is 207 Å². The van der Waals surface area contributed by atoms with Gasteiger partial charge in [0.05, 0.1) is 78.2 Å². The molecule has 9 aliphatic rings. The summed E-state index contributed by atoms with van der Waals surface area (Å²) >= 11 is 0. The number of hydrogen-bond acceptors (Lipinski definition) is 21. The van der Waals surface area contributed by atoms with E-state index >= 15 is 0 Å². The van der Waals surface area contributed by atoms with E-state index in [2.05, 4.69) is 13.0 Å². The summed E-state index contributed by atoms with van der Waals surface area (Å²) in [6.45, 7) is 16.0. The molecular weight excluding hydrogens is 1020 g/mol. The van der Waals surface area contributed by atoms with Gasteiger partial charge in [-0.05, 0) is 104 Å². The monoisotopic (exact) mass is 1110 g/mol. The minimum Gasteiger partial charge on any atom is -0.462 e. The van der Waals surface area contributed by atoms with Gasteiger partial charge in [-0.2, -0.15) is 0 Å². The number of Topliss-reactive ketones (excluding diaryl/α,β-unsaturated/α-hetero) is 1. The second-order valence-corrected chi connectivity index (χ2v) is 24.6. The van der Waals surface area contributed by atoms with Gasteiger partial charge < -0.3 is 91.5 Å². The molecule has 21 heteroatoms. The van der Waals surface area contributed by atoms with E-state index in [-0.39, 0.29) is 48.7 Å². The van der Waals surface area contributed by atoms with Gasteiger partial charge in [0.1, 0.15) is 42.2 Å². The largest absolute Gasteiger partial charge is 0.462 e. The highest BCUT2D eigenvalue weighted by Crippen LogP contribution is 2.69. The lowest BCUT2D eigenvalue weighted by Crippen LogP contribution is -2.71. The van der Waals surface area contributed by atoms with E-state index in [0.717, 1.165) is 6.42 Å². The molecule has 0 unspecified atom stereocenters. The molecule has 0 bridgehead atoms. The number of hydrogen-bond donors (Lipinski definition) is 4. The Morgan fingerprint density at radius 2 is 1.01 bits per heavy atom. The fraction of sp³-hybridized carbons (Fsp3) is 0.930. The van der Waals surface area contributed by atoms with Crippen LogP contribution in [0.1, 0.15) is 139 Å². The van der Waals surface area contributed by atoms with E-state index in [4.69, 9.17) is 71.1 Å². The van der Waals surface area contributed by atoms with Gasteiger partial charge in [-0.15, -0.1) is 0 Å². The maximum absolute atomic E-state index is 13.0. The smallest absolute Gasteiger partial charge is 0.302 e. The molecule has 8 fully saturated rings. The fourth-order valence-corrected chi connectivity index (χ4v) is 15.7. The third-order valence-electron chi connectivity index (χ3n) is 20.3. The van der Waals surface area contributed by atoms with Gasteiger partial charge >= 0.3 is 5.97 Å². The molecule has 5 aliphatic heterocycles. The predicted octanol–water partition coefficient (Wildman–Crippen LogP) is 4.31. The second kappa shape index (κ2) is 24.0. The van der Waals surface area contributed by atoms with Crippen LogP contribution < -0.4 is 0 Å². The number of allylic oxidation sites excluding steroid dienone is 1. The maximum Gasteiger partial charge on any atom is 0.302 e. The number of rotatable bonds is 16. The highest BCUT2D eigenvalue weighted by molar-refractivity contribution is 5.87. The van der Waals surface area contributed by atoms with Crippen molar-refractivity contribution in [3.63, 3.8) is 0 Å². The molecule has 9 rings (SSSR count). The molecule has 0 amide bonds.